The Bertz CT molecular complexity index is 602. The molecule has 106 valence electrons. The van der Waals surface area contributed by atoms with Crippen molar-refractivity contribution < 1.29 is 4.39 Å². The Morgan fingerprint density at radius 1 is 1.20 bits per heavy atom. The molecule has 2 rings (SSSR count). The van der Waals surface area contributed by atoms with Crippen molar-refractivity contribution in [2.75, 3.05) is 0 Å². The first kappa shape index (κ1) is 15.9. The molecule has 2 nitrogen and oxygen atoms in total. The van der Waals surface area contributed by atoms with Crippen LogP contribution in [0.5, 0.6) is 0 Å². The van der Waals surface area contributed by atoms with Gasteiger partial charge in [-0.15, -0.1) is 0 Å². The van der Waals surface area contributed by atoms with Gasteiger partial charge in [0.1, 0.15) is 5.82 Å². The van der Waals surface area contributed by atoms with Crippen LogP contribution in [0.3, 0.4) is 0 Å². The average molecular weight is 423 g/mol. The number of nitrogens with one attached hydrogen (secondary N) is 1. The minimum Gasteiger partial charge on any atom is -0.271 e. The second-order valence-electron chi connectivity index (χ2n) is 4.34. The molecule has 2 aromatic carbocycles. The van der Waals surface area contributed by atoms with Crippen LogP contribution in [-0.2, 0) is 6.42 Å². The Labute approximate surface area is 138 Å². The predicted molar refractivity (Wildman–Crippen MR) is 87.0 cm³/mol. The van der Waals surface area contributed by atoms with E-state index in [0.29, 0.717) is 12.0 Å². The van der Waals surface area contributed by atoms with Crippen LogP contribution in [-0.4, -0.2) is 0 Å². The third-order valence-corrected chi connectivity index (χ3v) is 4.15. The zero-order valence-electron chi connectivity index (χ0n) is 10.3. The highest BCUT2D eigenvalue weighted by atomic mass is 79.9. The van der Waals surface area contributed by atoms with Gasteiger partial charge in [0, 0.05) is 8.95 Å². The lowest BCUT2D eigenvalue weighted by atomic mass is 9.99. The minimum absolute atomic E-state index is 0.119. The Balaban J connectivity index is 2.31. The Hall–Kier alpha value is -0.460. The van der Waals surface area contributed by atoms with Crippen LogP contribution >= 0.6 is 43.5 Å². The highest BCUT2D eigenvalue weighted by Gasteiger charge is 2.15. The van der Waals surface area contributed by atoms with Crippen LogP contribution in [0.4, 0.5) is 4.39 Å². The number of hydrazine groups is 1. The molecular weight excluding hydrogens is 410 g/mol. The molecule has 0 saturated heterocycles. The second kappa shape index (κ2) is 7.00. The smallest absolute Gasteiger partial charge is 0.145 e. The molecular formula is C14H12Br2ClFN2. The molecule has 0 bridgehead atoms. The van der Waals surface area contributed by atoms with Gasteiger partial charge in [-0.3, -0.25) is 11.3 Å². The van der Waals surface area contributed by atoms with Crippen molar-refractivity contribution in [2.45, 2.75) is 12.5 Å². The fourth-order valence-corrected chi connectivity index (χ4v) is 3.50. The molecule has 20 heavy (non-hydrogen) atoms. The summed E-state index contributed by atoms with van der Waals surface area (Å²) in [6, 6.07) is 10.6. The van der Waals surface area contributed by atoms with Crippen molar-refractivity contribution in [3.05, 3.63) is 67.3 Å². The van der Waals surface area contributed by atoms with Gasteiger partial charge in [0.2, 0.25) is 0 Å². The first-order valence-corrected chi connectivity index (χ1v) is 7.82. The fraction of sp³-hybridized carbons (Fsp3) is 0.143. The summed E-state index contributed by atoms with van der Waals surface area (Å²) in [5, 5.41) is 0.119. The molecule has 3 N–H and O–H groups in total. The van der Waals surface area contributed by atoms with E-state index in [2.05, 4.69) is 37.3 Å². The van der Waals surface area contributed by atoms with E-state index in [1.165, 1.54) is 6.07 Å². The quantitative estimate of drug-likeness (QED) is 0.551. The topological polar surface area (TPSA) is 38.0 Å². The minimum atomic E-state index is -0.400. The van der Waals surface area contributed by atoms with E-state index >= 15 is 0 Å². The van der Waals surface area contributed by atoms with Gasteiger partial charge in [0.05, 0.1) is 11.1 Å². The van der Waals surface area contributed by atoms with Crippen molar-refractivity contribution in [1.29, 1.82) is 0 Å². The van der Waals surface area contributed by atoms with Crippen molar-refractivity contribution in [3.63, 3.8) is 0 Å². The third kappa shape index (κ3) is 3.80. The Morgan fingerprint density at radius 2 is 1.85 bits per heavy atom. The van der Waals surface area contributed by atoms with E-state index in [1.807, 2.05) is 18.2 Å². The number of hydrogen-bond acceptors (Lipinski definition) is 2. The van der Waals surface area contributed by atoms with Crippen molar-refractivity contribution in [3.8, 4) is 0 Å². The lowest BCUT2D eigenvalue weighted by molar-refractivity contribution is 0.529. The molecule has 0 saturated carbocycles. The monoisotopic (exact) mass is 420 g/mol. The van der Waals surface area contributed by atoms with E-state index in [-0.39, 0.29) is 11.1 Å². The maximum Gasteiger partial charge on any atom is 0.145 e. The molecule has 0 aromatic heterocycles. The molecule has 6 heteroatoms. The average Bonchev–Trinajstić information content (AvgIpc) is 2.39. The molecule has 1 atom stereocenters. The van der Waals surface area contributed by atoms with Crippen LogP contribution in [0.1, 0.15) is 17.2 Å². The fourth-order valence-electron chi connectivity index (χ4n) is 1.98. The molecule has 2 aromatic rings. The van der Waals surface area contributed by atoms with Gasteiger partial charge in [0.15, 0.2) is 0 Å². The summed E-state index contributed by atoms with van der Waals surface area (Å²) in [6.45, 7) is 0. The first-order valence-electron chi connectivity index (χ1n) is 5.86. The van der Waals surface area contributed by atoms with Crippen LogP contribution in [0.2, 0.25) is 5.02 Å². The van der Waals surface area contributed by atoms with E-state index in [4.69, 9.17) is 17.4 Å². The van der Waals surface area contributed by atoms with Crippen LogP contribution < -0.4 is 11.3 Å². The highest BCUT2D eigenvalue weighted by molar-refractivity contribution is 9.11. The van der Waals surface area contributed by atoms with Crippen molar-refractivity contribution >= 4 is 43.5 Å². The molecule has 0 aliphatic carbocycles. The zero-order valence-corrected chi connectivity index (χ0v) is 14.3. The van der Waals surface area contributed by atoms with Crippen LogP contribution in [0.25, 0.3) is 0 Å². The molecule has 0 aliphatic heterocycles. The number of halogens is 4. The predicted octanol–water partition coefficient (Wildman–Crippen LogP) is 4.75. The van der Waals surface area contributed by atoms with Crippen LogP contribution in [0, 0.1) is 5.82 Å². The lowest BCUT2D eigenvalue weighted by Gasteiger charge is -2.18. The van der Waals surface area contributed by atoms with Gasteiger partial charge in [0.25, 0.3) is 0 Å². The van der Waals surface area contributed by atoms with Gasteiger partial charge in [-0.2, -0.15) is 0 Å². The molecule has 1 unspecified atom stereocenters. The van der Waals surface area contributed by atoms with Crippen molar-refractivity contribution in [1.82, 2.24) is 5.43 Å². The molecule has 0 spiro atoms. The Kier molecular flexibility index (Phi) is 5.57. The van der Waals surface area contributed by atoms with Gasteiger partial charge in [-0.1, -0.05) is 55.6 Å². The zero-order chi connectivity index (χ0) is 14.7. The van der Waals surface area contributed by atoms with Crippen LogP contribution in [0.15, 0.2) is 45.3 Å². The summed E-state index contributed by atoms with van der Waals surface area (Å²) < 4.78 is 15.8. The molecule has 0 radical (unpaired) electrons. The van der Waals surface area contributed by atoms with Gasteiger partial charge < -0.3 is 0 Å². The standard InChI is InChI=1S/C14H12Br2ClFN2/c15-10-4-9(5-11(16)7-10)13(20-19)6-8-2-1-3-12(17)14(8)18/h1-5,7,13,20H,6,19H2. The molecule has 0 heterocycles. The van der Waals surface area contributed by atoms with Gasteiger partial charge in [-0.25, -0.2) is 4.39 Å². The van der Waals surface area contributed by atoms with E-state index in [1.54, 1.807) is 12.1 Å². The highest BCUT2D eigenvalue weighted by Crippen LogP contribution is 2.27. The van der Waals surface area contributed by atoms with E-state index in [0.717, 1.165) is 14.5 Å². The summed E-state index contributed by atoms with van der Waals surface area (Å²) in [5.74, 6) is 5.21. The van der Waals surface area contributed by atoms with Gasteiger partial charge >= 0.3 is 0 Å². The number of hydrogen-bond donors (Lipinski definition) is 2. The largest absolute Gasteiger partial charge is 0.271 e. The first-order chi connectivity index (χ1) is 9.51. The number of nitrogens with two attached hydrogens (primary N) is 1. The van der Waals surface area contributed by atoms with E-state index < -0.39 is 5.82 Å². The second-order valence-corrected chi connectivity index (χ2v) is 6.58. The number of rotatable bonds is 4. The molecule has 0 aliphatic rings. The summed E-state index contributed by atoms with van der Waals surface area (Å²) in [4.78, 5) is 0. The van der Waals surface area contributed by atoms with Gasteiger partial charge in [-0.05, 0) is 41.8 Å². The van der Waals surface area contributed by atoms with Crippen molar-refractivity contribution in [2.24, 2.45) is 5.84 Å². The lowest BCUT2D eigenvalue weighted by Crippen LogP contribution is -2.29. The summed E-state index contributed by atoms with van der Waals surface area (Å²) in [6.07, 6.45) is 0.409. The molecule has 0 amide bonds. The molecule has 0 fully saturated rings. The van der Waals surface area contributed by atoms with E-state index in [9.17, 15) is 4.39 Å². The normalized spacial score (nSPS) is 12.4. The maximum absolute atomic E-state index is 14.0. The summed E-state index contributed by atoms with van der Waals surface area (Å²) in [7, 11) is 0. The Morgan fingerprint density at radius 3 is 2.45 bits per heavy atom. The SMILES string of the molecule is NNC(Cc1cccc(Cl)c1F)c1cc(Br)cc(Br)c1. The summed E-state index contributed by atoms with van der Waals surface area (Å²) >= 11 is 12.7. The number of benzene rings is 2. The maximum atomic E-state index is 14.0. The summed E-state index contributed by atoms with van der Waals surface area (Å²) in [5.41, 5.74) is 4.19. The third-order valence-electron chi connectivity index (χ3n) is 2.94.